The summed E-state index contributed by atoms with van der Waals surface area (Å²) in [6.45, 7) is 4.11. The third-order valence-corrected chi connectivity index (χ3v) is 2.95. The number of carboxylic acid groups (broad SMARTS) is 1. The predicted molar refractivity (Wildman–Crippen MR) is 68.7 cm³/mol. The molecule has 1 heterocycles. The summed E-state index contributed by atoms with van der Waals surface area (Å²) in [5.41, 5.74) is 2.89. The fourth-order valence-corrected chi connectivity index (χ4v) is 1.81. The van der Waals surface area contributed by atoms with Crippen LogP contribution >= 0.6 is 0 Å². The van der Waals surface area contributed by atoms with Gasteiger partial charge in [0.1, 0.15) is 5.82 Å². The Hall–Kier alpha value is -2.37. The van der Waals surface area contributed by atoms with Gasteiger partial charge in [-0.3, -0.25) is 5.10 Å². The minimum absolute atomic E-state index is 0.0459. The summed E-state index contributed by atoms with van der Waals surface area (Å²) in [4.78, 5) is 10.8. The van der Waals surface area contributed by atoms with Gasteiger partial charge in [0.15, 0.2) is 0 Å². The number of carboxylic acids is 1. The molecule has 2 aromatic rings. The summed E-state index contributed by atoms with van der Waals surface area (Å²) < 4.78 is 13.6. The first kappa shape index (κ1) is 13.1. The number of aromatic amines is 1. The maximum atomic E-state index is 13.6. The quantitative estimate of drug-likeness (QED) is 0.791. The van der Waals surface area contributed by atoms with Crippen molar-refractivity contribution in [2.24, 2.45) is 0 Å². The summed E-state index contributed by atoms with van der Waals surface area (Å²) in [6.07, 6.45) is 0. The van der Waals surface area contributed by atoms with Gasteiger partial charge in [-0.2, -0.15) is 5.10 Å². The number of rotatable bonds is 4. The predicted octanol–water partition coefficient (Wildman–Crippen LogP) is 2.48. The Morgan fingerprint density at radius 3 is 2.79 bits per heavy atom. The smallest absolute Gasteiger partial charge is 0.335 e. The Morgan fingerprint density at radius 1 is 1.47 bits per heavy atom. The maximum absolute atomic E-state index is 13.6. The molecule has 5 nitrogen and oxygen atoms in total. The summed E-state index contributed by atoms with van der Waals surface area (Å²) in [5.74, 6) is -1.57. The average molecular weight is 263 g/mol. The van der Waals surface area contributed by atoms with Crippen LogP contribution in [0, 0.1) is 19.7 Å². The van der Waals surface area contributed by atoms with E-state index >= 15 is 0 Å². The van der Waals surface area contributed by atoms with Crippen LogP contribution in [0.4, 0.5) is 10.1 Å². The molecular formula is C13H14FN3O2. The first-order valence-electron chi connectivity index (χ1n) is 5.76. The van der Waals surface area contributed by atoms with Crippen molar-refractivity contribution in [1.82, 2.24) is 10.2 Å². The van der Waals surface area contributed by atoms with Gasteiger partial charge in [0.2, 0.25) is 0 Å². The Labute approximate surface area is 109 Å². The molecule has 0 aliphatic carbocycles. The third-order valence-electron chi connectivity index (χ3n) is 2.95. The fraction of sp³-hybridized carbons (Fsp3) is 0.231. The maximum Gasteiger partial charge on any atom is 0.335 e. The number of aryl methyl sites for hydroxylation is 2. The highest BCUT2D eigenvalue weighted by molar-refractivity contribution is 5.88. The van der Waals surface area contributed by atoms with Crippen LogP contribution in [-0.2, 0) is 6.54 Å². The number of nitrogens with zero attached hydrogens (tertiary/aromatic N) is 1. The van der Waals surface area contributed by atoms with Gasteiger partial charge in [-0.1, -0.05) is 0 Å². The Balaban J connectivity index is 2.20. The molecule has 0 saturated carbocycles. The topological polar surface area (TPSA) is 78.0 Å². The van der Waals surface area contributed by atoms with Crippen LogP contribution in [0.1, 0.15) is 27.3 Å². The van der Waals surface area contributed by atoms with Crippen LogP contribution < -0.4 is 5.32 Å². The van der Waals surface area contributed by atoms with Crippen LogP contribution in [0.2, 0.25) is 0 Å². The van der Waals surface area contributed by atoms with Gasteiger partial charge in [-0.15, -0.1) is 0 Å². The van der Waals surface area contributed by atoms with Crippen molar-refractivity contribution in [2.75, 3.05) is 5.32 Å². The highest BCUT2D eigenvalue weighted by Gasteiger charge is 2.10. The van der Waals surface area contributed by atoms with E-state index in [2.05, 4.69) is 15.5 Å². The molecule has 0 spiro atoms. The highest BCUT2D eigenvalue weighted by Crippen LogP contribution is 2.18. The van der Waals surface area contributed by atoms with Crippen molar-refractivity contribution in [1.29, 1.82) is 0 Å². The number of hydrogen-bond donors (Lipinski definition) is 3. The van der Waals surface area contributed by atoms with Crippen molar-refractivity contribution in [3.05, 3.63) is 46.5 Å². The van der Waals surface area contributed by atoms with E-state index in [-0.39, 0.29) is 11.3 Å². The van der Waals surface area contributed by atoms with E-state index in [4.69, 9.17) is 5.11 Å². The second kappa shape index (κ2) is 5.09. The van der Waals surface area contributed by atoms with E-state index in [9.17, 15) is 9.18 Å². The second-order valence-corrected chi connectivity index (χ2v) is 4.27. The summed E-state index contributed by atoms with van der Waals surface area (Å²) in [7, 11) is 0. The minimum Gasteiger partial charge on any atom is -0.478 e. The number of carbonyl (C=O) groups is 1. The number of aromatic nitrogens is 2. The molecule has 1 aromatic heterocycles. The molecule has 0 unspecified atom stereocenters. The molecule has 19 heavy (non-hydrogen) atoms. The third kappa shape index (κ3) is 2.73. The van der Waals surface area contributed by atoms with Gasteiger partial charge in [0.05, 0.1) is 16.9 Å². The van der Waals surface area contributed by atoms with Crippen LogP contribution in [0.5, 0.6) is 0 Å². The van der Waals surface area contributed by atoms with Crippen molar-refractivity contribution in [2.45, 2.75) is 20.4 Å². The first-order valence-corrected chi connectivity index (χ1v) is 5.76. The standard InChI is InChI=1S/C13H14FN3O2/c1-7-10(8(2)17-16-7)6-15-12-5-9(13(18)19)3-4-11(12)14/h3-5,15H,6H2,1-2H3,(H,16,17)(H,18,19). The molecule has 3 N–H and O–H groups in total. The Kier molecular flexibility index (Phi) is 3.50. The zero-order valence-corrected chi connectivity index (χ0v) is 10.6. The van der Waals surface area contributed by atoms with E-state index in [0.717, 1.165) is 23.0 Å². The zero-order valence-electron chi connectivity index (χ0n) is 10.6. The van der Waals surface area contributed by atoms with Crippen molar-refractivity contribution in [3.63, 3.8) is 0 Å². The van der Waals surface area contributed by atoms with Crippen LogP contribution in [0.3, 0.4) is 0 Å². The lowest BCUT2D eigenvalue weighted by Crippen LogP contribution is -2.05. The normalized spacial score (nSPS) is 10.5. The lowest BCUT2D eigenvalue weighted by molar-refractivity contribution is 0.0697. The number of hydrogen-bond acceptors (Lipinski definition) is 3. The molecule has 1 aromatic carbocycles. The lowest BCUT2D eigenvalue weighted by atomic mass is 10.1. The SMILES string of the molecule is Cc1n[nH]c(C)c1CNc1cc(C(=O)O)ccc1F. The molecule has 0 atom stereocenters. The molecule has 6 heteroatoms. The number of halogens is 1. The lowest BCUT2D eigenvalue weighted by Gasteiger charge is -2.08. The molecule has 0 fully saturated rings. The average Bonchev–Trinajstić information content (AvgIpc) is 2.68. The molecule has 0 aliphatic heterocycles. The van der Waals surface area contributed by atoms with E-state index in [1.54, 1.807) is 0 Å². The van der Waals surface area contributed by atoms with Crippen molar-refractivity contribution in [3.8, 4) is 0 Å². The van der Waals surface area contributed by atoms with Gasteiger partial charge in [-0.05, 0) is 32.0 Å². The molecule has 0 radical (unpaired) electrons. The van der Waals surface area contributed by atoms with Gasteiger partial charge in [-0.25, -0.2) is 9.18 Å². The van der Waals surface area contributed by atoms with Crippen molar-refractivity contribution >= 4 is 11.7 Å². The van der Waals surface area contributed by atoms with Crippen molar-refractivity contribution < 1.29 is 14.3 Å². The molecule has 0 aliphatic rings. The molecule has 0 bridgehead atoms. The van der Waals surface area contributed by atoms with Gasteiger partial charge < -0.3 is 10.4 Å². The van der Waals surface area contributed by atoms with Crippen LogP contribution in [0.25, 0.3) is 0 Å². The van der Waals surface area contributed by atoms with E-state index in [1.807, 2.05) is 13.8 Å². The van der Waals surface area contributed by atoms with Gasteiger partial charge >= 0.3 is 5.97 Å². The molecular weight excluding hydrogens is 249 g/mol. The Bertz CT molecular complexity index is 603. The minimum atomic E-state index is -1.08. The van der Waals surface area contributed by atoms with E-state index < -0.39 is 11.8 Å². The van der Waals surface area contributed by atoms with Crippen LogP contribution in [0.15, 0.2) is 18.2 Å². The largest absolute Gasteiger partial charge is 0.478 e. The van der Waals surface area contributed by atoms with E-state index in [1.165, 1.54) is 12.1 Å². The van der Waals surface area contributed by atoms with Gasteiger partial charge in [0, 0.05) is 17.8 Å². The number of benzene rings is 1. The highest BCUT2D eigenvalue weighted by atomic mass is 19.1. The molecule has 100 valence electrons. The number of nitrogens with one attached hydrogen (secondary N) is 2. The Morgan fingerprint density at radius 2 is 2.21 bits per heavy atom. The fourth-order valence-electron chi connectivity index (χ4n) is 1.81. The molecule has 0 saturated heterocycles. The molecule has 0 amide bonds. The van der Waals surface area contributed by atoms with E-state index in [0.29, 0.717) is 6.54 Å². The first-order chi connectivity index (χ1) is 8.99. The van der Waals surface area contributed by atoms with Crippen LogP contribution in [-0.4, -0.2) is 21.3 Å². The zero-order chi connectivity index (χ0) is 14.0. The number of aromatic carboxylic acids is 1. The summed E-state index contributed by atoms with van der Waals surface area (Å²) in [5, 5.41) is 18.7. The monoisotopic (exact) mass is 263 g/mol. The number of anilines is 1. The number of H-pyrrole nitrogens is 1. The van der Waals surface area contributed by atoms with Gasteiger partial charge in [0.25, 0.3) is 0 Å². The summed E-state index contributed by atoms with van der Waals surface area (Å²) >= 11 is 0. The summed E-state index contributed by atoms with van der Waals surface area (Å²) in [6, 6.07) is 3.65. The molecule has 2 rings (SSSR count). The second-order valence-electron chi connectivity index (χ2n) is 4.27.